The lowest BCUT2D eigenvalue weighted by Crippen LogP contribution is -2.33. The molecule has 5 nitrogen and oxygen atoms in total. The Labute approximate surface area is 157 Å². The van der Waals surface area contributed by atoms with Crippen LogP contribution in [0.25, 0.3) is 11.3 Å². The zero-order valence-electron chi connectivity index (χ0n) is 14.9. The third-order valence-electron chi connectivity index (χ3n) is 4.42. The lowest BCUT2D eigenvalue weighted by atomic mass is 10.1. The van der Waals surface area contributed by atoms with Gasteiger partial charge in [0.2, 0.25) is 0 Å². The number of hydrogen-bond acceptors (Lipinski definition) is 5. The first kappa shape index (κ1) is 17.5. The zero-order valence-corrected chi connectivity index (χ0v) is 14.9. The molecule has 4 rings (SSSR count). The molecule has 1 aromatic heterocycles. The molecule has 3 aromatic rings. The molecule has 0 radical (unpaired) electrons. The highest BCUT2D eigenvalue weighted by Gasteiger charge is 2.19. The molecular weight excluding hydrogens is 342 g/mol. The summed E-state index contributed by atoms with van der Waals surface area (Å²) in [6.45, 7) is 2.56. The molecule has 1 N–H and O–H groups in total. The molecule has 5 heteroatoms. The fourth-order valence-electron chi connectivity index (χ4n) is 3.00. The van der Waals surface area contributed by atoms with Gasteiger partial charge in [-0.05, 0) is 29.8 Å². The minimum atomic E-state index is -0.236. The summed E-state index contributed by atoms with van der Waals surface area (Å²) in [6.07, 6.45) is -0.236. The summed E-state index contributed by atoms with van der Waals surface area (Å²) in [5.74, 6) is 1.84. The van der Waals surface area contributed by atoms with Gasteiger partial charge in [-0.15, -0.1) is 0 Å². The largest absolute Gasteiger partial charge is 0.489 e. The Morgan fingerprint density at radius 2 is 1.85 bits per heavy atom. The third kappa shape index (κ3) is 4.45. The first-order chi connectivity index (χ1) is 13.3. The summed E-state index contributed by atoms with van der Waals surface area (Å²) in [6, 6.07) is 20.5. The monoisotopic (exact) mass is 363 g/mol. The average Bonchev–Trinajstić information content (AvgIpc) is 2.73. The van der Waals surface area contributed by atoms with Crippen molar-refractivity contribution in [2.45, 2.75) is 12.7 Å². The van der Waals surface area contributed by atoms with Gasteiger partial charge in [0.15, 0.2) is 5.43 Å². The quantitative estimate of drug-likeness (QED) is 0.751. The molecule has 1 aliphatic heterocycles. The second-order valence-corrected chi connectivity index (χ2v) is 6.42. The van der Waals surface area contributed by atoms with Crippen LogP contribution in [0.4, 0.5) is 0 Å². The van der Waals surface area contributed by atoms with Gasteiger partial charge >= 0.3 is 0 Å². The molecule has 1 saturated heterocycles. The minimum Gasteiger partial charge on any atom is -0.489 e. The molecule has 1 atom stereocenters. The Balaban J connectivity index is 1.49. The second-order valence-electron chi connectivity index (χ2n) is 6.42. The second kappa shape index (κ2) is 8.20. The highest BCUT2D eigenvalue weighted by Crippen LogP contribution is 2.26. The number of hydrogen-bond donors (Lipinski definition) is 1. The van der Waals surface area contributed by atoms with Crippen LogP contribution in [0.1, 0.15) is 17.4 Å². The van der Waals surface area contributed by atoms with Crippen molar-refractivity contribution < 1.29 is 13.9 Å². The van der Waals surface area contributed by atoms with E-state index in [2.05, 4.69) is 5.32 Å². The predicted octanol–water partition coefficient (Wildman–Crippen LogP) is 3.55. The summed E-state index contributed by atoms with van der Waals surface area (Å²) in [4.78, 5) is 12.1. The summed E-state index contributed by atoms with van der Waals surface area (Å²) < 4.78 is 17.4. The van der Waals surface area contributed by atoms with Gasteiger partial charge in [0.25, 0.3) is 0 Å². The molecule has 2 aromatic carbocycles. The van der Waals surface area contributed by atoms with Gasteiger partial charge in [-0.1, -0.05) is 30.3 Å². The molecule has 1 fully saturated rings. The summed E-state index contributed by atoms with van der Waals surface area (Å²) >= 11 is 0. The smallest absolute Gasteiger partial charge is 0.185 e. The summed E-state index contributed by atoms with van der Waals surface area (Å²) in [5, 5.41) is 3.24. The molecule has 1 aliphatic rings. The van der Waals surface area contributed by atoms with Crippen molar-refractivity contribution in [3.05, 3.63) is 88.3 Å². The number of nitrogens with one attached hydrogen (secondary N) is 1. The van der Waals surface area contributed by atoms with Crippen molar-refractivity contribution in [3.63, 3.8) is 0 Å². The Hall–Kier alpha value is -2.89. The van der Waals surface area contributed by atoms with Crippen LogP contribution in [0.5, 0.6) is 5.75 Å². The van der Waals surface area contributed by atoms with Crippen LogP contribution in [0.2, 0.25) is 0 Å². The van der Waals surface area contributed by atoms with E-state index in [9.17, 15) is 4.79 Å². The van der Waals surface area contributed by atoms with Crippen LogP contribution in [0.15, 0.2) is 75.9 Å². The molecule has 27 heavy (non-hydrogen) atoms. The Kier molecular flexibility index (Phi) is 5.32. The SMILES string of the molecule is O=c1cc(-c2ccc(OCc3ccccc3)cc2)oc(C2CNCCO2)c1. The van der Waals surface area contributed by atoms with E-state index in [1.165, 1.54) is 12.1 Å². The molecule has 1 unspecified atom stereocenters. The molecular formula is C22H21NO4. The average molecular weight is 363 g/mol. The van der Waals surface area contributed by atoms with E-state index < -0.39 is 0 Å². The van der Waals surface area contributed by atoms with Crippen molar-refractivity contribution in [1.82, 2.24) is 5.32 Å². The van der Waals surface area contributed by atoms with Crippen molar-refractivity contribution in [1.29, 1.82) is 0 Å². The Morgan fingerprint density at radius 3 is 2.59 bits per heavy atom. The normalized spacial score (nSPS) is 16.8. The fourth-order valence-corrected chi connectivity index (χ4v) is 3.00. The van der Waals surface area contributed by atoms with E-state index in [1.54, 1.807) is 0 Å². The molecule has 0 aliphatic carbocycles. The van der Waals surface area contributed by atoms with E-state index in [-0.39, 0.29) is 11.5 Å². The van der Waals surface area contributed by atoms with Gasteiger partial charge in [-0.25, -0.2) is 0 Å². The van der Waals surface area contributed by atoms with Crippen LogP contribution >= 0.6 is 0 Å². The Bertz CT molecular complexity index is 929. The molecule has 0 bridgehead atoms. The maximum Gasteiger partial charge on any atom is 0.185 e. The fraction of sp³-hybridized carbons (Fsp3) is 0.227. The first-order valence-electron chi connectivity index (χ1n) is 9.02. The highest BCUT2D eigenvalue weighted by molar-refractivity contribution is 5.58. The maximum absolute atomic E-state index is 12.1. The summed E-state index contributed by atoms with van der Waals surface area (Å²) in [5.41, 5.74) is 1.84. The van der Waals surface area contributed by atoms with E-state index in [1.807, 2.05) is 54.6 Å². The van der Waals surface area contributed by atoms with Crippen molar-refractivity contribution in [2.24, 2.45) is 0 Å². The van der Waals surface area contributed by atoms with E-state index in [4.69, 9.17) is 13.9 Å². The van der Waals surface area contributed by atoms with Gasteiger partial charge in [0.05, 0.1) is 6.61 Å². The number of benzene rings is 2. The van der Waals surface area contributed by atoms with E-state index >= 15 is 0 Å². The zero-order chi connectivity index (χ0) is 18.5. The lowest BCUT2D eigenvalue weighted by molar-refractivity contribution is 0.0137. The van der Waals surface area contributed by atoms with Gasteiger partial charge in [0, 0.05) is 30.8 Å². The van der Waals surface area contributed by atoms with Crippen LogP contribution in [-0.2, 0) is 11.3 Å². The van der Waals surface area contributed by atoms with Crippen LogP contribution in [0.3, 0.4) is 0 Å². The Morgan fingerprint density at radius 1 is 1.04 bits per heavy atom. The number of rotatable bonds is 5. The molecule has 2 heterocycles. The first-order valence-corrected chi connectivity index (χ1v) is 9.02. The lowest BCUT2D eigenvalue weighted by Gasteiger charge is -2.22. The minimum absolute atomic E-state index is 0.0928. The van der Waals surface area contributed by atoms with Gasteiger partial charge in [-0.2, -0.15) is 0 Å². The van der Waals surface area contributed by atoms with Gasteiger partial charge in [-0.3, -0.25) is 4.79 Å². The van der Waals surface area contributed by atoms with Crippen molar-refractivity contribution in [2.75, 3.05) is 19.7 Å². The van der Waals surface area contributed by atoms with Crippen LogP contribution in [-0.4, -0.2) is 19.7 Å². The highest BCUT2D eigenvalue weighted by atomic mass is 16.5. The number of morpholine rings is 1. The van der Waals surface area contributed by atoms with Crippen molar-refractivity contribution >= 4 is 0 Å². The molecule has 0 saturated carbocycles. The summed E-state index contributed by atoms with van der Waals surface area (Å²) in [7, 11) is 0. The third-order valence-corrected chi connectivity index (χ3v) is 4.42. The standard InChI is InChI=1S/C22H21NO4/c24-18-12-20(27-21(13-18)22-14-23-10-11-25-22)17-6-8-19(9-7-17)26-15-16-4-2-1-3-5-16/h1-9,12-13,22-23H,10-11,14-15H2. The van der Waals surface area contributed by atoms with E-state index in [0.717, 1.165) is 23.4 Å². The molecule has 0 amide bonds. The molecule has 0 spiro atoms. The van der Waals surface area contributed by atoms with Crippen LogP contribution < -0.4 is 15.5 Å². The van der Waals surface area contributed by atoms with Crippen LogP contribution in [0, 0.1) is 0 Å². The van der Waals surface area contributed by atoms with Gasteiger partial charge < -0.3 is 19.2 Å². The number of ether oxygens (including phenoxy) is 2. The van der Waals surface area contributed by atoms with Crippen molar-refractivity contribution in [3.8, 4) is 17.1 Å². The van der Waals surface area contributed by atoms with E-state index in [0.29, 0.717) is 31.3 Å². The topological polar surface area (TPSA) is 60.7 Å². The molecule has 138 valence electrons. The maximum atomic E-state index is 12.1. The van der Waals surface area contributed by atoms with Gasteiger partial charge in [0.1, 0.15) is 30.0 Å². The predicted molar refractivity (Wildman–Crippen MR) is 103 cm³/mol.